The molecule has 0 aliphatic carbocycles. The van der Waals surface area contributed by atoms with Gasteiger partial charge in [-0.2, -0.15) is 0 Å². The number of carbonyl (C=O) groups is 1. The van der Waals surface area contributed by atoms with E-state index in [4.69, 9.17) is 0 Å². The molecule has 0 bridgehead atoms. The van der Waals surface area contributed by atoms with E-state index < -0.39 is 0 Å². The van der Waals surface area contributed by atoms with E-state index in [-0.39, 0.29) is 30.7 Å². The van der Waals surface area contributed by atoms with Crippen LogP contribution in [0.25, 0.3) is 0 Å². The van der Waals surface area contributed by atoms with E-state index in [9.17, 15) is 4.79 Å². The molecule has 0 aromatic carbocycles. The lowest BCUT2D eigenvalue weighted by atomic mass is 10.4. The third-order valence-electron chi connectivity index (χ3n) is 2.20. The maximum absolute atomic E-state index is 11.2. The smallest absolute Gasteiger partial charge is 0.221 e. The van der Waals surface area contributed by atoms with E-state index in [2.05, 4.69) is 15.6 Å². The number of rotatable bonds is 6. The Bertz CT molecular complexity index is 317. The molecule has 1 rings (SSSR count). The number of aromatic nitrogens is 2. The van der Waals surface area contributed by atoms with Crippen molar-refractivity contribution in [2.45, 2.75) is 19.9 Å². The largest absolute Gasteiger partial charge is 0.354 e. The number of carbonyl (C=O) groups excluding carboxylic acids is 1. The van der Waals surface area contributed by atoms with Crippen molar-refractivity contribution in [2.75, 3.05) is 20.1 Å². The molecule has 0 aliphatic rings. The highest BCUT2D eigenvalue weighted by Crippen LogP contribution is 1.93. The van der Waals surface area contributed by atoms with Gasteiger partial charge >= 0.3 is 0 Å². The van der Waals surface area contributed by atoms with Gasteiger partial charge in [-0.15, -0.1) is 24.8 Å². The Labute approximate surface area is 114 Å². The molecule has 17 heavy (non-hydrogen) atoms. The Morgan fingerprint density at radius 1 is 1.41 bits per heavy atom. The molecule has 0 saturated carbocycles. The van der Waals surface area contributed by atoms with Gasteiger partial charge in [0.1, 0.15) is 5.82 Å². The summed E-state index contributed by atoms with van der Waals surface area (Å²) in [5.74, 6) is 1.06. The first-order valence-corrected chi connectivity index (χ1v) is 5.13. The molecule has 2 N–H and O–H groups in total. The minimum atomic E-state index is 0. The normalized spacial score (nSPS) is 9.06. The maximum Gasteiger partial charge on any atom is 0.221 e. The van der Waals surface area contributed by atoms with Crippen LogP contribution in [0, 0.1) is 6.92 Å². The van der Waals surface area contributed by atoms with Crippen molar-refractivity contribution >= 4 is 30.7 Å². The highest BCUT2D eigenvalue weighted by molar-refractivity contribution is 5.85. The molecule has 1 aromatic heterocycles. The molecular formula is C10H20Cl2N4O. The minimum Gasteiger partial charge on any atom is -0.354 e. The lowest BCUT2D eigenvalue weighted by Crippen LogP contribution is -2.29. The van der Waals surface area contributed by atoms with Gasteiger partial charge in [0.2, 0.25) is 5.91 Å². The van der Waals surface area contributed by atoms with Crippen LogP contribution in [-0.4, -0.2) is 35.6 Å². The van der Waals surface area contributed by atoms with Crippen LogP contribution in [0.3, 0.4) is 0 Å². The topological polar surface area (TPSA) is 59.0 Å². The van der Waals surface area contributed by atoms with Crippen LogP contribution in [0.15, 0.2) is 12.4 Å². The maximum atomic E-state index is 11.2. The van der Waals surface area contributed by atoms with E-state index >= 15 is 0 Å². The summed E-state index contributed by atoms with van der Waals surface area (Å²) in [6.07, 6.45) is 4.20. The molecule has 0 radical (unpaired) electrons. The zero-order valence-electron chi connectivity index (χ0n) is 10.1. The Balaban J connectivity index is 0. The average molecular weight is 283 g/mol. The minimum absolute atomic E-state index is 0. The molecule has 0 aliphatic heterocycles. The van der Waals surface area contributed by atoms with Gasteiger partial charge in [-0.25, -0.2) is 4.98 Å². The van der Waals surface area contributed by atoms with Gasteiger partial charge in [-0.3, -0.25) is 4.79 Å². The first kappa shape index (κ1) is 18.6. The van der Waals surface area contributed by atoms with E-state index in [1.54, 1.807) is 6.20 Å². The number of imidazole rings is 1. The van der Waals surface area contributed by atoms with Crippen molar-refractivity contribution in [3.63, 3.8) is 0 Å². The van der Waals surface area contributed by atoms with Gasteiger partial charge in [0, 0.05) is 38.4 Å². The lowest BCUT2D eigenvalue weighted by Gasteiger charge is -2.06. The van der Waals surface area contributed by atoms with Gasteiger partial charge in [-0.05, 0) is 14.0 Å². The number of hydrogen-bond donors (Lipinski definition) is 2. The number of nitrogens with one attached hydrogen (secondary N) is 2. The molecule has 0 fully saturated rings. The van der Waals surface area contributed by atoms with E-state index in [0.717, 1.165) is 18.9 Å². The summed E-state index contributed by atoms with van der Waals surface area (Å²) in [6, 6.07) is 0. The summed E-state index contributed by atoms with van der Waals surface area (Å²) in [5, 5.41) is 5.79. The van der Waals surface area contributed by atoms with Gasteiger partial charge in [0.15, 0.2) is 0 Å². The number of nitrogens with zero attached hydrogens (tertiary/aromatic N) is 2. The fourth-order valence-corrected chi connectivity index (χ4v) is 1.28. The summed E-state index contributed by atoms with van der Waals surface area (Å²) in [5.41, 5.74) is 0. The first-order chi connectivity index (χ1) is 7.24. The molecule has 1 heterocycles. The van der Waals surface area contributed by atoms with Crippen LogP contribution in [0.5, 0.6) is 0 Å². The van der Waals surface area contributed by atoms with Crippen LogP contribution in [-0.2, 0) is 11.3 Å². The van der Waals surface area contributed by atoms with Crippen LogP contribution >= 0.6 is 24.8 Å². The zero-order valence-corrected chi connectivity index (χ0v) is 11.7. The van der Waals surface area contributed by atoms with Crippen molar-refractivity contribution < 1.29 is 4.79 Å². The summed E-state index contributed by atoms with van der Waals surface area (Å²) < 4.78 is 2.01. The third-order valence-corrected chi connectivity index (χ3v) is 2.20. The Kier molecular flexibility index (Phi) is 11.3. The van der Waals surface area contributed by atoms with E-state index in [0.29, 0.717) is 13.0 Å². The summed E-state index contributed by atoms with van der Waals surface area (Å²) in [6.45, 7) is 4.09. The fourth-order valence-electron chi connectivity index (χ4n) is 1.28. The summed E-state index contributed by atoms with van der Waals surface area (Å²) in [7, 11) is 1.84. The van der Waals surface area contributed by atoms with Gasteiger partial charge in [-0.1, -0.05) is 0 Å². The predicted molar refractivity (Wildman–Crippen MR) is 73.0 cm³/mol. The number of aryl methyl sites for hydroxylation is 1. The van der Waals surface area contributed by atoms with Crippen molar-refractivity contribution in [2.24, 2.45) is 0 Å². The second-order valence-electron chi connectivity index (χ2n) is 3.37. The quantitative estimate of drug-likeness (QED) is 0.810. The second-order valence-corrected chi connectivity index (χ2v) is 3.37. The molecular weight excluding hydrogens is 263 g/mol. The Morgan fingerprint density at radius 2 is 2.12 bits per heavy atom. The molecule has 0 spiro atoms. The summed E-state index contributed by atoms with van der Waals surface area (Å²) >= 11 is 0. The first-order valence-electron chi connectivity index (χ1n) is 5.13. The molecule has 1 amide bonds. The highest BCUT2D eigenvalue weighted by atomic mass is 35.5. The summed E-state index contributed by atoms with van der Waals surface area (Å²) in [4.78, 5) is 15.3. The monoisotopic (exact) mass is 282 g/mol. The molecule has 0 unspecified atom stereocenters. The van der Waals surface area contributed by atoms with Gasteiger partial charge in [0.25, 0.3) is 0 Å². The zero-order chi connectivity index (χ0) is 11.1. The van der Waals surface area contributed by atoms with Crippen LogP contribution < -0.4 is 10.6 Å². The molecule has 0 saturated heterocycles. The van der Waals surface area contributed by atoms with Crippen LogP contribution in [0.1, 0.15) is 12.2 Å². The van der Waals surface area contributed by atoms with Gasteiger partial charge in [0.05, 0.1) is 0 Å². The van der Waals surface area contributed by atoms with E-state index in [1.807, 2.05) is 24.7 Å². The van der Waals surface area contributed by atoms with E-state index in [1.165, 1.54) is 0 Å². The standard InChI is InChI=1S/C10H18N4O.2ClH/c1-9-12-5-7-14(9)8-6-13-10(15)3-4-11-2;;/h5,7,11H,3-4,6,8H2,1-2H3,(H,13,15);2*1H. The highest BCUT2D eigenvalue weighted by Gasteiger charge is 2.00. The van der Waals surface area contributed by atoms with Crippen LogP contribution in [0.2, 0.25) is 0 Å². The molecule has 1 aromatic rings. The van der Waals surface area contributed by atoms with Crippen molar-refractivity contribution in [3.8, 4) is 0 Å². The predicted octanol–water partition coefficient (Wildman–Crippen LogP) is 0.761. The SMILES string of the molecule is CNCCC(=O)NCCn1ccnc1C.Cl.Cl. The van der Waals surface area contributed by atoms with Gasteiger partial charge < -0.3 is 15.2 Å². The van der Waals surface area contributed by atoms with Crippen molar-refractivity contribution in [1.82, 2.24) is 20.2 Å². The number of halogens is 2. The Morgan fingerprint density at radius 3 is 2.65 bits per heavy atom. The number of amides is 1. The third kappa shape index (κ3) is 7.20. The number of hydrogen-bond acceptors (Lipinski definition) is 3. The molecule has 100 valence electrons. The lowest BCUT2D eigenvalue weighted by molar-refractivity contribution is -0.121. The van der Waals surface area contributed by atoms with Crippen molar-refractivity contribution in [3.05, 3.63) is 18.2 Å². The van der Waals surface area contributed by atoms with Crippen LogP contribution in [0.4, 0.5) is 0 Å². The fraction of sp³-hybridized carbons (Fsp3) is 0.600. The average Bonchev–Trinajstić information content (AvgIpc) is 2.61. The van der Waals surface area contributed by atoms with Crippen molar-refractivity contribution in [1.29, 1.82) is 0 Å². The molecule has 7 heteroatoms. The molecule has 0 atom stereocenters. The molecule has 5 nitrogen and oxygen atoms in total. The Hall–Kier alpha value is -0.780. The second kappa shape index (κ2) is 10.4.